The summed E-state index contributed by atoms with van der Waals surface area (Å²) in [5.74, 6) is 0. The Morgan fingerprint density at radius 2 is 2.07 bits per heavy atom. The van der Waals surface area contributed by atoms with E-state index in [2.05, 4.69) is 0 Å². The first-order valence-corrected chi connectivity index (χ1v) is 4.88. The van der Waals surface area contributed by atoms with Crippen LogP contribution in [0.2, 0.25) is 0 Å². The molecule has 0 radical (unpaired) electrons. The van der Waals surface area contributed by atoms with Gasteiger partial charge in [0.1, 0.15) is 0 Å². The van der Waals surface area contributed by atoms with Gasteiger partial charge in [0.15, 0.2) is 0 Å². The number of carbonyl (C=O) groups is 1. The Kier molecular flexibility index (Phi) is 5.01. The zero-order valence-electron chi connectivity index (χ0n) is 8.68. The Morgan fingerprint density at radius 3 is 2.73 bits per heavy atom. The molecule has 0 unspecified atom stereocenters. The first kappa shape index (κ1) is 11.3. The van der Waals surface area contributed by atoms with Gasteiger partial charge in [0, 0.05) is 0 Å². The zero-order chi connectivity index (χ0) is 10.9. The Hall–Kier alpha value is -1.77. The maximum Gasteiger partial charge on any atom is 0.513 e. The molecule has 80 valence electrons. The van der Waals surface area contributed by atoms with Gasteiger partial charge in [-0.15, -0.1) is 0 Å². The minimum atomic E-state index is -0.663. The van der Waals surface area contributed by atoms with E-state index in [9.17, 15) is 4.79 Å². The molecule has 1 rings (SSSR count). The fourth-order valence-electron chi connectivity index (χ4n) is 0.952. The number of carbonyl (C=O) groups excluding carboxylic acids is 1. The Labute approximate surface area is 89.3 Å². The number of hydrogen-bond acceptors (Lipinski definition) is 3. The van der Waals surface area contributed by atoms with Crippen LogP contribution in [0.1, 0.15) is 18.9 Å². The third kappa shape index (κ3) is 4.86. The summed E-state index contributed by atoms with van der Waals surface area (Å²) < 4.78 is 9.42. The van der Waals surface area contributed by atoms with Gasteiger partial charge in [-0.2, -0.15) is 0 Å². The van der Waals surface area contributed by atoms with Crippen LogP contribution in [0.3, 0.4) is 0 Å². The lowest BCUT2D eigenvalue weighted by Gasteiger charge is -1.99. The molecule has 15 heavy (non-hydrogen) atoms. The van der Waals surface area contributed by atoms with Gasteiger partial charge >= 0.3 is 6.16 Å². The third-order valence-electron chi connectivity index (χ3n) is 1.65. The maximum absolute atomic E-state index is 10.9. The molecule has 0 heterocycles. The van der Waals surface area contributed by atoms with Gasteiger partial charge in [-0.05, 0) is 18.1 Å². The third-order valence-corrected chi connectivity index (χ3v) is 1.65. The molecule has 0 aliphatic rings. The summed E-state index contributed by atoms with van der Waals surface area (Å²) in [6, 6.07) is 9.58. The van der Waals surface area contributed by atoms with Crippen LogP contribution in [0.5, 0.6) is 0 Å². The lowest BCUT2D eigenvalue weighted by atomic mass is 10.2. The molecule has 3 heteroatoms. The second-order valence-corrected chi connectivity index (χ2v) is 2.93. The first-order chi connectivity index (χ1) is 7.33. The predicted molar refractivity (Wildman–Crippen MR) is 58.2 cm³/mol. The summed E-state index contributed by atoms with van der Waals surface area (Å²) in [5.41, 5.74) is 0.973. The molecule has 0 atom stereocenters. The molecule has 0 aromatic heterocycles. The molecule has 0 spiro atoms. The monoisotopic (exact) mass is 206 g/mol. The van der Waals surface area contributed by atoms with Crippen LogP contribution >= 0.6 is 0 Å². The van der Waals surface area contributed by atoms with E-state index in [1.165, 1.54) is 6.26 Å². The van der Waals surface area contributed by atoms with Crippen molar-refractivity contribution < 1.29 is 14.3 Å². The lowest BCUT2D eigenvalue weighted by molar-refractivity contribution is 0.0853. The van der Waals surface area contributed by atoms with E-state index in [0.29, 0.717) is 6.61 Å². The SMILES string of the molecule is CCCOC(=O)OC=Cc1ccccc1. The number of hydrogen-bond donors (Lipinski definition) is 0. The Bertz CT molecular complexity index is 317. The van der Waals surface area contributed by atoms with E-state index >= 15 is 0 Å². The van der Waals surface area contributed by atoms with Crippen molar-refractivity contribution >= 4 is 12.2 Å². The average molecular weight is 206 g/mol. The highest BCUT2D eigenvalue weighted by Crippen LogP contribution is 2.01. The minimum absolute atomic E-state index is 0.387. The fourth-order valence-corrected chi connectivity index (χ4v) is 0.952. The smallest absolute Gasteiger partial charge is 0.434 e. The van der Waals surface area contributed by atoms with Crippen molar-refractivity contribution in [2.45, 2.75) is 13.3 Å². The van der Waals surface area contributed by atoms with Crippen molar-refractivity contribution in [3.05, 3.63) is 42.2 Å². The van der Waals surface area contributed by atoms with Crippen molar-refractivity contribution in [1.29, 1.82) is 0 Å². The summed E-state index contributed by atoms with van der Waals surface area (Å²) in [4.78, 5) is 10.9. The van der Waals surface area contributed by atoms with Crippen LogP contribution in [0, 0.1) is 0 Å². The second kappa shape index (κ2) is 6.65. The quantitative estimate of drug-likeness (QED) is 0.560. The largest absolute Gasteiger partial charge is 0.513 e. The van der Waals surface area contributed by atoms with Gasteiger partial charge in [-0.1, -0.05) is 37.3 Å². The van der Waals surface area contributed by atoms with Crippen LogP contribution in [-0.4, -0.2) is 12.8 Å². The van der Waals surface area contributed by atoms with Crippen molar-refractivity contribution in [3.63, 3.8) is 0 Å². The molecule has 1 aromatic carbocycles. The highest BCUT2D eigenvalue weighted by molar-refractivity contribution is 5.62. The van der Waals surface area contributed by atoms with Crippen molar-refractivity contribution in [2.75, 3.05) is 6.61 Å². The van der Waals surface area contributed by atoms with Crippen molar-refractivity contribution in [2.24, 2.45) is 0 Å². The number of rotatable bonds is 4. The molecule has 0 N–H and O–H groups in total. The number of benzene rings is 1. The van der Waals surface area contributed by atoms with Crippen molar-refractivity contribution in [1.82, 2.24) is 0 Å². The molecule has 0 fully saturated rings. The molecule has 0 saturated carbocycles. The van der Waals surface area contributed by atoms with Gasteiger partial charge in [0.25, 0.3) is 0 Å². The minimum Gasteiger partial charge on any atom is -0.434 e. The molecule has 3 nitrogen and oxygen atoms in total. The molecule has 0 bridgehead atoms. The summed E-state index contributed by atoms with van der Waals surface area (Å²) in [6.45, 7) is 2.31. The summed E-state index contributed by atoms with van der Waals surface area (Å²) in [7, 11) is 0. The molecule has 1 aromatic rings. The van der Waals surface area contributed by atoms with Crippen LogP contribution in [0.4, 0.5) is 4.79 Å². The van der Waals surface area contributed by atoms with E-state index in [4.69, 9.17) is 9.47 Å². The molecule has 0 amide bonds. The van der Waals surface area contributed by atoms with E-state index in [-0.39, 0.29) is 0 Å². The van der Waals surface area contributed by atoms with E-state index in [0.717, 1.165) is 12.0 Å². The van der Waals surface area contributed by atoms with Gasteiger partial charge in [-0.25, -0.2) is 4.79 Å². The summed E-state index contributed by atoms with van der Waals surface area (Å²) in [6.07, 6.45) is 3.15. The summed E-state index contributed by atoms with van der Waals surface area (Å²) >= 11 is 0. The fraction of sp³-hybridized carbons (Fsp3) is 0.250. The second-order valence-electron chi connectivity index (χ2n) is 2.93. The predicted octanol–water partition coefficient (Wildman–Crippen LogP) is 3.22. The highest BCUT2D eigenvalue weighted by Gasteiger charge is 1.98. The average Bonchev–Trinajstić information content (AvgIpc) is 2.28. The van der Waals surface area contributed by atoms with Gasteiger partial charge < -0.3 is 9.47 Å². The van der Waals surface area contributed by atoms with Crippen molar-refractivity contribution in [3.8, 4) is 0 Å². The Balaban J connectivity index is 2.31. The first-order valence-electron chi connectivity index (χ1n) is 4.88. The lowest BCUT2D eigenvalue weighted by Crippen LogP contribution is -2.03. The molecular weight excluding hydrogens is 192 g/mol. The van der Waals surface area contributed by atoms with E-state index in [1.807, 2.05) is 37.3 Å². The molecule has 0 aliphatic carbocycles. The number of ether oxygens (including phenoxy) is 2. The highest BCUT2D eigenvalue weighted by atomic mass is 16.7. The maximum atomic E-state index is 10.9. The van der Waals surface area contributed by atoms with Crippen LogP contribution in [0.25, 0.3) is 6.08 Å². The van der Waals surface area contributed by atoms with Gasteiger partial charge in [0.2, 0.25) is 0 Å². The van der Waals surface area contributed by atoms with Crippen LogP contribution < -0.4 is 0 Å². The normalized spacial score (nSPS) is 10.2. The zero-order valence-corrected chi connectivity index (χ0v) is 8.68. The molecular formula is C12H14O3. The van der Waals surface area contributed by atoms with Crippen LogP contribution in [0.15, 0.2) is 36.6 Å². The molecule has 0 saturated heterocycles. The molecule has 0 aliphatic heterocycles. The standard InChI is InChI=1S/C12H14O3/c1-2-9-14-12(13)15-10-8-11-6-4-3-5-7-11/h3-8,10H,2,9H2,1H3. The van der Waals surface area contributed by atoms with E-state index in [1.54, 1.807) is 6.08 Å². The van der Waals surface area contributed by atoms with E-state index < -0.39 is 6.16 Å². The summed E-state index contributed by atoms with van der Waals surface area (Å²) in [5, 5.41) is 0. The topological polar surface area (TPSA) is 35.5 Å². The van der Waals surface area contributed by atoms with Gasteiger partial charge in [-0.3, -0.25) is 0 Å². The Morgan fingerprint density at radius 1 is 1.33 bits per heavy atom. The van der Waals surface area contributed by atoms with Gasteiger partial charge in [0.05, 0.1) is 12.9 Å². The van der Waals surface area contributed by atoms with Crippen LogP contribution in [-0.2, 0) is 9.47 Å².